The number of carbonyl (C=O) groups is 1. The van der Waals surface area contributed by atoms with E-state index in [9.17, 15) is 9.90 Å². The van der Waals surface area contributed by atoms with Gasteiger partial charge in [0.15, 0.2) is 11.7 Å². The quantitative estimate of drug-likeness (QED) is 0.702. The van der Waals surface area contributed by atoms with E-state index in [0.29, 0.717) is 27.8 Å². The molecule has 0 aliphatic heterocycles. The zero-order chi connectivity index (χ0) is 19.3. The number of methoxy groups -OCH3 is 1. The summed E-state index contributed by atoms with van der Waals surface area (Å²) in [5.41, 5.74) is -0.280. The number of halogens is 2. The molecule has 0 radical (unpaired) electrons. The van der Waals surface area contributed by atoms with E-state index in [1.54, 1.807) is 48.5 Å². The molecule has 140 valence electrons. The molecular weight excluding hydrogens is 375 g/mol. The van der Waals surface area contributed by atoms with Crippen molar-refractivity contribution in [3.63, 3.8) is 0 Å². The molecule has 0 unspecified atom stereocenters. The molecule has 2 aromatic carbocycles. The van der Waals surface area contributed by atoms with Gasteiger partial charge < -0.3 is 14.6 Å². The summed E-state index contributed by atoms with van der Waals surface area (Å²) in [5.74, 6) is -0.613. The highest BCUT2D eigenvalue weighted by atomic mass is 35.5. The van der Waals surface area contributed by atoms with Gasteiger partial charge in [0.1, 0.15) is 0 Å². The van der Waals surface area contributed by atoms with E-state index in [1.807, 2.05) is 13.8 Å². The Hall–Kier alpha value is -1.59. The lowest BCUT2D eigenvalue weighted by molar-refractivity contribution is -0.172. The molecule has 1 N–H and O–H groups in total. The third kappa shape index (κ3) is 4.38. The number of aliphatic hydroxyl groups is 1. The van der Waals surface area contributed by atoms with Crippen LogP contribution in [0.4, 0.5) is 0 Å². The van der Waals surface area contributed by atoms with Gasteiger partial charge >= 0.3 is 5.97 Å². The third-order valence-corrected chi connectivity index (χ3v) is 4.50. The van der Waals surface area contributed by atoms with Crippen LogP contribution in [0.2, 0.25) is 10.0 Å². The smallest absolute Gasteiger partial charge is 0.338 e. The summed E-state index contributed by atoms with van der Waals surface area (Å²) < 4.78 is 11.0. The maximum atomic E-state index is 12.3. The van der Waals surface area contributed by atoms with E-state index in [4.69, 9.17) is 32.7 Å². The molecule has 0 saturated carbocycles. The van der Waals surface area contributed by atoms with Gasteiger partial charge in [-0.1, -0.05) is 61.3 Å². The van der Waals surface area contributed by atoms with Crippen LogP contribution in [0.25, 0.3) is 0 Å². The lowest BCUT2D eigenvalue weighted by atomic mass is 9.81. The fourth-order valence-electron chi connectivity index (χ4n) is 2.70. The van der Waals surface area contributed by atoms with Crippen LogP contribution in [0.5, 0.6) is 0 Å². The molecular formula is C20H22Cl2O4. The minimum Gasteiger partial charge on any atom is -0.467 e. The predicted octanol–water partition coefficient (Wildman–Crippen LogP) is 4.44. The Morgan fingerprint density at radius 2 is 1.42 bits per heavy atom. The second kappa shape index (κ2) is 8.87. The number of benzene rings is 2. The Bertz CT molecular complexity index is 681. The Morgan fingerprint density at radius 1 is 1.00 bits per heavy atom. The Labute approximate surface area is 163 Å². The minimum atomic E-state index is -1.58. The molecule has 0 fully saturated rings. The van der Waals surface area contributed by atoms with Crippen LogP contribution in [0.1, 0.15) is 25.0 Å². The topological polar surface area (TPSA) is 55.8 Å². The monoisotopic (exact) mass is 396 g/mol. The molecule has 6 heteroatoms. The number of carbonyl (C=O) groups excluding carboxylic acids is 1. The van der Waals surface area contributed by atoms with Crippen LogP contribution in [0, 0.1) is 5.92 Å². The average Bonchev–Trinajstić information content (AvgIpc) is 2.63. The first-order valence-electron chi connectivity index (χ1n) is 8.23. The fraction of sp³-hybridized carbons (Fsp3) is 0.350. The first kappa shape index (κ1) is 20.7. The summed E-state index contributed by atoms with van der Waals surface area (Å²) in [6.07, 6.45) is -1.58. The Balaban J connectivity index is 2.70. The summed E-state index contributed by atoms with van der Waals surface area (Å²) in [7, 11) is 1.22. The molecule has 0 aliphatic rings. The summed E-state index contributed by atoms with van der Waals surface area (Å²) in [4.78, 5) is 12.3. The van der Waals surface area contributed by atoms with E-state index >= 15 is 0 Å². The minimum absolute atomic E-state index is 0.179. The standard InChI is InChI=1S/C20H22Cl2O4/c1-13(2)12-26-20(18(23)19(24)25-3,14-4-8-16(21)9-5-14)15-6-10-17(22)11-7-15/h4-11,13,18,23H,12H2,1-3H3/t18-/m0/s1. The fourth-order valence-corrected chi connectivity index (χ4v) is 2.95. The summed E-state index contributed by atoms with van der Waals surface area (Å²) in [6, 6.07) is 13.6. The highest BCUT2D eigenvalue weighted by Crippen LogP contribution is 2.39. The molecule has 0 saturated heterocycles. The maximum Gasteiger partial charge on any atom is 0.338 e. The van der Waals surface area contributed by atoms with Gasteiger partial charge in [0.25, 0.3) is 0 Å². The van der Waals surface area contributed by atoms with Gasteiger partial charge in [-0.3, -0.25) is 0 Å². The van der Waals surface area contributed by atoms with E-state index < -0.39 is 17.7 Å². The Kier molecular flexibility index (Phi) is 7.07. The lowest BCUT2D eigenvalue weighted by Crippen LogP contribution is -2.48. The van der Waals surface area contributed by atoms with Gasteiger partial charge in [-0.15, -0.1) is 0 Å². The van der Waals surface area contributed by atoms with Crippen molar-refractivity contribution in [2.45, 2.75) is 25.6 Å². The number of rotatable bonds is 7. The van der Waals surface area contributed by atoms with Gasteiger partial charge in [0.05, 0.1) is 13.7 Å². The normalized spacial score (nSPS) is 12.9. The number of hydrogen-bond donors (Lipinski definition) is 1. The van der Waals surface area contributed by atoms with Crippen molar-refractivity contribution in [2.75, 3.05) is 13.7 Å². The van der Waals surface area contributed by atoms with Gasteiger partial charge in [-0.25, -0.2) is 4.79 Å². The van der Waals surface area contributed by atoms with Crippen molar-refractivity contribution in [1.29, 1.82) is 0 Å². The van der Waals surface area contributed by atoms with Gasteiger partial charge in [-0.2, -0.15) is 0 Å². The second-order valence-electron chi connectivity index (χ2n) is 6.38. The van der Waals surface area contributed by atoms with E-state index in [0.717, 1.165) is 0 Å². The largest absolute Gasteiger partial charge is 0.467 e. The van der Waals surface area contributed by atoms with E-state index in [2.05, 4.69) is 0 Å². The molecule has 2 aromatic rings. The van der Waals surface area contributed by atoms with Crippen molar-refractivity contribution < 1.29 is 19.4 Å². The van der Waals surface area contributed by atoms with Crippen LogP contribution in [-0.4, -0.2) is 30.9 Å². The van der Waals surface area contributed by atoms with Crippen molar-refractivity contribution in [3.05, 3.63) is 69.7 Å². The molecule has 0 heterocycles. The molecule has 1 atom stereocenters. The number of ether oxygens (including phenoxy) is 2. The van der Waals surface area contributed by atoms with Gasteiger partial charge in [-0.05, 0) is 41.3 Å². The molecule has 2 rings (SSSR count). The van der Waals surface area contributed by atoms with Crippen molar-refractivity contribution >= 4 is 29.2 Å². The maximum absolute atomic E-state index is 12.3. The number of esters is 1. The molecule has 0 bridgehead atoms. The summed E-state index contributed by atoms with van der Waals surface area (Å²) in [5, 5.41) is 12.0. The second-order valence-corrected chi connectivity index (χ2v) is 7.25. The zero-order valence-corrected chi connectivity index (χ0v) is 16.4. The van der Waals surface area contributed by atoms with Crippen LogP contribution < -0.4 is 0 Å². The highest BCUT2D eigenvalue weighted by Gasteiger charge is 2.47. The van der Waals surface area contributed by atoms with E-state index in [1.165, 1.54) is 7.11 Å². The number of hydrogen-bond acceptors (Lipinski definition) is 4. The molecule has 4 nitrogen and oxygen atoms in total. The molecule has 0 aromatic heterocycles. The molecule has 0 amide bonds. The highest BCUT2D eigenvalue weighted by molar-refractivity contribution is 6.30. The van der Waals surface area contributed by atoms with Crippen molar-refractivity contribution in [3.8, 4) is 0 Å². The van der Waals surface area contributed by atoms with Gasteiger partial charge in [0, 0.05) is 10.0 Å². The van der Waals surface area contributed by atoms with Crippen LogP contribution in [0.3, 0.4) is 0 Å². The molecule has 0 aliphatic carbocycles. The van der Waals surface area contributed by atoms with Crippen LogP contribution in [0.15, 0.2) is 48.5 Å². The molecule has 0 spiro atoms. The first-order chi connectivity index (χ1) is 12.3. The van der Waals surface area contributed by atoms with Gasteiger partial charge in [0.2, 0.25) is 0 Å². The third-order valence-electron chi connectivity index (χ3n) is 4.00. The van der Waals surface area contributed by atoms with Crippen molar-refractivity contribution in [1.82, 2.24) is 0 Å². The predicted molar refractivity (Wildman–Crippen MR) is 102 cm³/mol. The Morgan fingerprint density at radius 3 is 1.77 bits per heavy atom. The summed E-state index contributed by atoms with van der Waals surface area (Å²) >= 11 is 12.0. The number of aliphatic hydroxyl groups excluding tert-OH is 1. The lowest BCUT2D eigenvalue weighted by Gasteiger charge is -2.38. The zero-order valence-electron chi connectivity index (χ0n) is 14.9. The van der Waals surface area contributed by atoms with Crippen LogP contribution >= 0.6 is 23.2 Å². The van der Waals surface area contributed by atoms with Crippen LogP contribution in [-0.2, 0) is 19.9 Å². The molecule has 26 heavy (non-hydrogen) atoms. The summed E-state index contributed by atoms with van der Waals surface area (Å²) in [6.45, 7) is 4.29. The first-order valence-corrected chi connectivity index (χ1v) is 8.98. The average molecular weight is 397 g/mol. The SMILES string of the molecule is COC(=O)[C@H](O)C(OCC(C)C)(c1ccc(Cl)cc1)c1ccc(Cl)cc1. The van der Waals surface area contributed by atoms with E-state index in [-0.39, 0.29) is 5.92 Å². The van der Waals surface area contributed by atoms with Crippen molar-refractivity contribution in [2.24, 2.45) is 5.92 Å².